The lowest BCUT2D eigenvalue weighted by Gasteiger charge is -2.04. The van der Waals surface area contributed by atoms with Gasteiger partial charge in [0.2, 0.25) is 0 Å². The molecule has 0 radical (unpaired) electrons. The van der Waals surface area contributed by atoms with Gasteiger partial charge in [-0.2, -0.15) is 9.78 Å². The third-order valence-electron chi connectivity index (χ3n) is 2.39. The van der Waals surface area contributed by atoms with E-state index in [1.165, 1.54) is 12.1 Å². The molecule has 1 aromatic heterocycles. The Balaban J connectivity index is 2.44. The molecular weight excluding hydrogens is 309 g/mol. The van der Waals surface area contributed by atoms with Crippen molar-refractivity contribution in [1.82, 2.24) is 9.78 Å². The fourth-order valence-corrected chi connectivity index (χ4v) is 1.66. The van der Waals surface area contributed by atoms with Crippen molar-refractivity contribution in [1.29, 1.82) is 0 Å². The highest BCUT2D eigenvalue weighted by atomic mass is 35.5. The second kappa shape index (κ2) is 5.40. The number of non-ortho nitro benzene ring substituents is 1. The predicted molar refractivity (Wildman–Crippen MR) is 71.3 cm³/mol. The molecule has 2 aromatic rings. The topological polar surface area (TPSA) is 95.1 Å². The van der Waals surface area contributed by atoms with E-state index < -0.39 is 16.4 Å². The number of aromatic nitrogens is 2. The SMILES string of the molecule is O=C(c1ccc([N+](=O)[O-])cc1)n1ncc(Cl)c(Cl)c1=O. The van der Waals surface area contributed by atoms with E-state index >= 15 is 0 Å². The minimum absolute atomic E-state index is 0.0589. The maximum Gasteiger partial charge on any atom is 0.294 e. The molecule has 0 atom stereocenters. The van der Waals surface area contributed by atoms with Crippen LogP contribution in [0.1, 0.15) is 10.4 Å². The summed E-state index contributed by atoms with van der Waals surface area (Å²) in [5.74, 6) is -0.761. The van der Waals surface area contributed by atoms with Crippen LogP contribution in [0.4, 0.5) is 5.69 Å². The summed E-state index contributed by atoms with van der Waals surface area (Å²) in [5, 5.41) is 13.7. The number of carbonyl (C=O) groups excluding carboxylic acids is 1. The summed E-state index contributed by atoms with van der Waals surface area (Å²) < 4.78 is 0.537. The molecule has 0 aliphatic carbocycles. The first-order chi connectivity index (χ1) is 9.41. The summed E-state index contributed by atoms with van der Waals surface area (Å²) >= 11 is 11.2. The number of nitro groups is 1. The van der Waals surface area contributed by atoms with Crippen molar-refractivity contribution in [3.63, 3.8) is 0 Å². The van der Waals surface area contributed by atoms with Crippen molar-refractivity contribution in [2.45, 2.75) is 0 Å². The molecule has 0 fully saturated rings. The zero-order chi connectivity index (χ0) is 14.9. The highest BCUT2D eigenvalue weighted by Gasteiger charge is 2.16. The highest BCUT2D eigenvalue weighted by molar-refractivity contribution is 6.41. The Bertz CT molecular complexity index is 755. The molecule has 0 amide bonds. The Hall–Kier alpha value is -2.25. The monoisotopic (exact) mass is 313 g/mol. The lowest BCUT2D eigenvalue weighted by molar-refractivity contribution is -0.384. The Kier molecular flexibility index (Phi) is 3.82. The summed E-state index contributed by atoms with van der Waals surface area (Å²) in [6, 6.07) is 4.74. The van der Waals surface area contributed by atoms with Gasteiger partial charge in [-0.25, -0.2) is 0 Å². The Morgan fingerprint density at radius 1 is 1.25 bits per heavy atom. The zero-order valence-electron chi connectivity index (χ0n) is 9.62. The van der Waals surface area contributed by atoms with E-state index in [-0.39, 0.29) is 21.3 Å². The molecule has 1 aromatic carbocycles. The van der Waals surface area contributed by atoms with Crippen molar-refractivity contribution in [2.24, 2.45) is 0 Å². The van der Waals surface area contributed by atoms with Crippen LogP contribution in [-0.2, 0) is 0 Å². The Morgan fingerprint density at radius 3 is 2.40 bits per heavy atom. The fourth-order valence-electron chi connectivity index (χ4n) is 1.41. The van der Waals surface area contributed by atoms with Crippen LogP contribution in [-0.4, -0.2) is 20.6 Å². The lowest BCUT2D eigenvalue weighted by atomic mass is 10.2. The largest absolute Gasteiger partial charge is 0.294 e. The molecule has 0 N–H and O–H groups in total. The van der Waals surface area contributed by atoms with Gasteiger partial charge in [0, 0.05) is 17.7 Å². The molecule has 2 rings (SSSR count). The Morgan fingerprint density at radius 2 is 1.85 bits per heavy atom. The molecule has 20 heavy (non-hydrogen) atoms. The van der Waals surface area contributed by atoms with Crippen molar-refractivity contribution in [3.05, 3.63) is 66.5 Å². The predicted octanol–water partition coefficient (Wildman–Crippen LogP) is 2.15. The average molecular weight is 314 g/mol. The van der Waals surface area contributed by atoms with Crippen molar-refractivity contribution in [2.75, 3.05) is 0 Å². The van der Waals surface area contributed by atoms with E-state index in [1.807, 2.05) is 0 Å². The van der Waals surface area contributed by atoms with Crippen molar-refractivity contribution in [3.8, 4) is 0 Å². The highest BCUT2D eigenvalue weighted by Crippen LogP contribution is 2.16. The average Bonchev–Trinajstić information content (AvgIpc) is 2.44. The van der Waals surface area contributed by atoms with Crippen LogP contribution >= 0.6 is 23.2 Å². The number of rotatable bonds is 2. The Labute approximate surface area is 121 Å². The van der Waals surface area contributed by atoms with Gasteiger partial charge in [-0.1, -0.05) is 23.2 Å². The zero-order valence-corrected chi connectivity index (χ0v) is 11.1. The molecular formula is C11H5Cl2N3O4. The summed E-state index contributed by atoms with van der Waals surface area (Å²) in [6.07, 6.45) is 1.06. The van der Waals surface area contributed by atoms with Gasteiger partial charge in [0.25, 0.3) is 17.2 Å². The number of carbonyl (C=O) groups is 1. The molecule has 0 bridgehead atoms. The maximum absolute atomic E-state index is 12.0. The smallest absolute Gasteiger partial charge is 0.267 e. The first-order valence-corrected chi connectivity index (χ1v) is 5.90. The van der Waals surface area contributed by atoms with E-state index in [0.29, 0.717) is 4.68 Å². The molecule has 0 spiro atoms. The van der Waals surface area contributed by atoms with Gasteiger partial charge in [0.05, 0.1) is 16.1 Å². The van der Waals surface area contributed by atoms with Crippen LogP contribution in [0.15, 0.2) is 35.3 Å². The molecule has 1 heterocycles. The van der Waals surface area contributed by atoms with Gasteiger partial charge >= 0.3 is 0 Å². The van der Waals surface area contributed by atoms with Gasteiger partial charge in [-0.3, -0.25) is 19.7 Å². The van der Waals surface area contributed by atoms with E-state index in [4.69, 9.17) is 23.2 Å². The summed E-state index contributed by atoms with van der Waals surface area (Å²) in [7, 11) is 0. The summed E-state index contributed by atoms with van der Waals surface area (Å²) in [6.45, 7) is 0. The van der Waals surface area contributed by atoms with Crippen molar-refractivity contribution >= 4 is 34.8 Å². The van der Waals surface area contributed by atoms with E-state index in [2.05, 4.69) is 5.10 Å². The molecule has 102 valence electrons. The minimum atomic E-state index is -0.859. The number of nitro benzene ring substituents is 1. The normalized spacial score (nSPS) is 10.3. The van der Waals surface area contributed by atoms with Gasteiger partial charge < -0.3 is 0 Å². The van der Waals surface area contributed by atoms with Crippen LogP contribution in [0.3, 0.4) is 0 Å². The minimum Gasteiger partial charge on any atom is -0.267 e. The number of hydrogen-bond donors (Lipinski definition) is 0. The standard InChI is InChI=1S/C11H5Cl2N3O4/c12-8-5-14-15(11(18)9(8)13)10(17)6-1-3-7(4-2-6)16(19)20/h1-5H. The molecule has 7 nitrogen and oxygen atoms in total. The first-order valence-electron chi connectivity index (χ1n) is 5.14. The third kappa shape index (κ3) is 2.54. The van der Waals surface area contributed by atoms with Crippen LogP contribution in [0.5, 0.6) is 0 Å². The first kappa shape index (κ1) is 14.2. The van der Waals surface area contributed by atoms with E-state index in [1.54, 1.807) is 0 Å². The third-order valence-corrected chi connectivity index (χ3v) is 3.14. The summed E-state index contributed by atoms with van der Waals surface area (Å²) in [5.41, 5.74) is -0.970. The van der Waals surface area contributed by atoms with Crippen LogP contribution < -0.4 is 5.56 Å². The van der Waals surface area contributed by atoms with Crippen LogP contribution in [0.25, 0.3) is 0 Å². The fraction of sp³-hybridized carbons (Fsp3) is 0. The summed E-state index contributed by atoms with van der Waals surface area (Å²) in [4.78, 5) is 33.7. The number of benzene rings is 1. The quantitative estimate of drug-likeness (QED) is 0.625. The van der Waals surface area contributed by atoms with Gasteiger partial charge in [-0.05, 0) is 12.1 Å². The van der Waals surface area contributed by atoms with E-state index in [0.717, 1.165) is 18.3 Å². The second-order valence-electron chi connectivity index (χ2n) is 3.63. The number of halogens is 2. The molecule has 0 saturated carbocycles. The number of hydrogen-bond acceptors (Lipinski definition) is 5. The van der Waals surface area contributed by atoms with Gasteiger partial charge in [0.1, 0.15) is 5.02 Å². The molecule has 0 aliphatic rings. The van der Waals surface area contributed by atoms with Crippen LogP contribution in [0.2, 0.25) is 10.0 Å². The van der Waals surface area contributed by atoms with E-state index in [9.17, 15) is 19.7 Å². The maximum atomic E-state index is 12.0. The molecule has 0 aliphatic heterocycles. The molecule has 0 saturated heterocycles. The van der Waals surface area contributed by atoms with Crippen molar-refractivity contribution < 1.29 is 9.72 Å². The van der Waals surface area contributed by atoms with Gasteiger partial charge in [-0.15, -0.1) is 0 Å². The molecule has 0 unspecified atom stereocenters. The van der Waals surface area contributed by atoms with Crippen LogP contribution in [0, 0.1) is 10.1 Å². The van der Waals surface area contributed by atoms with Gasteiger partial charge in [0.15, 0.2) is 0 Å². The second-order valence-corrected chi connectivity index (χ2v) is 4.42. The number of nitrogens with zero attached hydrogens (tertiary/aromatic N) is 3. The lowest BCUT2D eigenvalue weighted by Crippen LogP contribution is -2.30. The molecule has 9 heteroatoms.